The van der Waals surface area contributed by atoms with Crippen LogP contribution in [-0.4, -0.2) is 41.1 Å². The highest BCUT2D eigenvalue weighted by Crippen LogP contribution is 2.24. The Morgan fingerprint density at radius 3 is 2.55 bits per heavy atom. The zero-order valence-electron chi connectivity index (χ0n) is 12.3. The number of likely N-dealkylation sites (tertiary alicyclic amines) is 1. The van der Waals surface area contributed by atoms with Gasteiger partial charge in [0.25, 0.3) is 5.91 Å². The first-order chi connectivity index (χ1) is 10.3. The summed E-state index contributed by atoms with van der Waals surface area (Å²) >= 11 is 0. The second-order valence-electron chi connectivity index (χ2n) is 5.50. The molecule has 1 fully saturated rings. The Morgan fingerprint density at radius 1 is 1.32 bits per heavy atom. The zero-order chi connectivity index (χ0) is 16.4. The second kappa shape index (κ2) is 6.29. The molecular weight excluding hydrogens is 296 g/mol. The molecule has 1 aliphatic heterocycles. The third kappa shape index (κ3) is 3.35. The van der Waals surface area contributed by atoms with Crippen LogP contribution < -0.4 is 4.74 Å². The number of carboxylic acid groups (broad SMARTS) is 1. The fourth-order valence-corrected chi connectivity index (χ4v) is 2.53. The molecule has 1 N–H and O–H groups in total. The molecule has 0 aromatic heterocycles. The summed E-state index contributed by atoms with van der Waals surface area (Å²) in [4.78, 5) is 24.7. The van der Waals surface area contributed by atoms with Gasteiger partial charge in [-0.05, 0) is 25.0 Å². The van der Waals surface area contributed by atoms with Crippen LogP contribution in [-0.2, 0) is 9.59 Å². The molecule has 0 aliphatic carbocycles. The normalized spacial score (nSPS) is 22.5. The molecule has 120 valence electrons. The van der Waals surface area contributed by atoms with Crippen molar-refractivity contribution in [1.82, 2.24) is 4.90 Å². The van der Waals surface area contributed by atoms with Crippen LogP contribution >= 0.6 is 0 Å². The van der Waals surface area contributed by atoms with Gasteiger partial charge < -0.3 is 14.7 Å². The van der Waals surface area contributed by atoms with Gasteiger partial charge in [-0.1, -0.05) is 6.92 Å². The summed E-state index contributed by atoms with van der Waals surface area (Å²) in [5.41, 5.74) is 0. The molecule has 7 heteroatoms. The summed E-state index contributed by atoms with van der Waals surface area (Å²) in [5.74, 6) is -4.06. The third-order valence-electron chi connectivity index (χ3n) is 3.79. The average molecular weight is 313 g/mol. The molecule has 1 aromatic carbocycles. The van der Waals surface area contributed by atoms with Crippen LogP contribution in [0.15, 0.2) is 18.2 Å². The van der Waals surface area contributed by atoms with E-state index in [1.807, 2.05) is 0 Å². The lowest BCUT2D eigenvalue weighted by molar-refractivity contribution is -0.142. The Bertz CT molecular complexity index is 593. The van der Waals surface area contributed by atoms with Gasteiger partial charge in [0.05, 0.1) is 5.92 Å². The van der Waals surface area contributed by atoms with E-state index in [4.69, 9.17) is 9.84 Å². The molecule has 22 heavy (non-hydrogen) atoms. The van der Waals surface area contributed by atoms with Crippen molar-refractivity contribution in [3.63, 3.8) is 0 Å². The number of hydrogen-bond donors (Lipinski definition) is 1. The van der Waals surface area contributed by atoms with E-state index in [0.717, 1.165) is 12.1 Å². The largest absolute Gasteiger partial charge is 0.481 e. The minimum atomic E-state index is -1.06. The van der Waals surface area contributed by atoms with E-state index < -0.39 is 29.6 Å². The summed E-state index contributed by atoms with van der Waals surface area (Å²) in [5, 5.41) is 9.07. The predicted octanol–water partition coefficient (Wildman–Crippen LogP) is 1.91. The van der Waals surface area contributed by atoms with Gasteiger partial charge in [0, 0.05) is 19.2 Å². The number of rotatable bonds is 4. The number of ether oxygens (including phenoxy) is 1. The van der Waals surface area contributed by atoms with Crippen molar-refractivity contribution >= 4 is 11.9 Å². The average Bonchev–Trinajstić information content (AvgIpc) is 2.84. The number of carbonyl (C=O) groups excluding carboxylic acids is 1. The zero-order valence-corrected chi connectivity index (χ0v) is 12.3. The molecule has 1 aromatic rings. The summed E-state index contributed by atoms with van der Waals surface area (Å²) < 4.78 is 31.3. The monoisotopic (exact) mass is 313 g/mol. The summed E-state index contributed by atoms with van der Waals surface area (Å²) in [6.07, 6.45) is -0.912. The van der Waals surface area contributed by atoms with Gasteiger partial charge in [0.2, 0.25) is 0 Å². The molecule has 0 spiro atoms. The molecule has 0 saturated carbocycles. The Kier molecular flexibility index (Phi) is 4.63. The Morgan fingerprint density at radius 2 is 2.00 bits per heavy atom. The fourth-order valence-electron chi connectivity index (χ4n) is 2.53. The second-order valence-corrected chi connectivity index (χ2v) is 5.50. The van der Waals surface area contributed by atoms with Crippen LogP contribution in [0.5, 0.6) is 5.75 Å². The van der Waals surface area contributed by atoms with E-state index in [9.17, 15) is 18.4 Å². The SMILES string of the molecule is CC(Oc1ccc(F)c(F)c1)C(=O)N1C[C@@H](C)[C@H](C(=O)O)C1. The lowest BCUT2D eigenvalue weighted by Gasteiger charge is -2.21. The smallest absolute Gasteiger partial charge is 0.308 e. The molecule has 3 atom stereocenters. The van der Waals surface area contributed by atoms with Crippen LogP contribution in [0.2, 0.25) is 0 Å². The highest BCUT2D eigenvalue weighted by molar-refractivity contribution is 5.82. The summed E-state index contributed by atoms with van der Waals surface area (Å²) in [6, 6.07) is 3.01. The van der Waals surface area contributed by atoms with Crippen molar-refractivity contribution in [2.45, 2.75) is 20.0 Å². The number of benzene rings is 1. The van der Waals surface area contributed by atoms with Crippen molar-refractivity contribution in [1.29, 1.82) is 0 Å². The molecular formula is C15H17F2NO4. The molecule has 2 rings (SSSR count). The molecule has 0 radical (unpaired) electrons. The van der Waals surface area contributed by atoms with Crippen molar-refractivity contribution in [2.75, 3.05) is 13.1 Å². The van der Waals surface area contributed by atoms with Crippen molar-refractivity contribution in [2.24, 2.45) is 11.8 Å². The van der Waals surface area contributed by atoms with Crippen molar-refractivity contribution < 1.29 is 28.2 Å². The molecule has 1 amide bonds. The number of aliphatic carboxylic acids is 1. The number of nitrogens with zero attached hydrogens (tertiary/aromatic N) is 1. The first kappa shape index (κ1) is 16.2. The van der Waals surface area contributed by atoms with Crippen molar-refractivity contribution in [3.05, 3.63) is 29.8 Å². The standard InChI is InChI=1S/C15H17F2NO4/c1-8-6-18(7-11(8)15(20)21)14(19)9(2)22-10-3-4-12(16)13(17)5-10/h3-5,8-9,11H,6-7H2,1-2H3,(H,20,21)/t8-,9?,11-/m1/s1. The number of carboxylic acids is 1. The third-order valence-corrected chi connectivity index (χ3v) is 3.79. The van der Waals surface area contributed by atoms with Crippen LogP contribution in [0.4, 0.5) is 8.78 Å². The molecule has 1 saturated heterocycles. The number of hydrogen-bond acceptors (Lipinski definition) is 3. The fraction of sp³-hybridized carbons (Fsp3) is 0.467. The number of carbonyl (C=O) groups is 2. The van der Waals surface area contributed by atoms with E-state index in [-0.39, 0.29) is 24.1 Å². The maximum absolute atomic E-state index is 13.1. The molecule has 5 nitrogen and oxygen atoms in total. The van der Waals surface area contributed by atoms with E-state index in [1.165, 1.54) is 17.9 Å². The highest BCUT2D eigenvalue weighted by Gasteiger charge is 2.38. The van der Waals surface area contributed by atoms with E-state index in [0.29, 0.717) is 6.54 Å². The lowest BCUT2D eigenvalue weighted by Crippen LogP contribution is -2.39. The van der Waals surface area contributed by atoms with Gasteiger partial charge in [-0.15, -0.1) is 0 Å². The topological polar surface area (TPSA) is 66.8 Å². The lowest BCUT2D eigenvalue weighted by atomic mass is 9.99. The van der Waals surface area contributed by atoms with E-state index in [2.05, 4.69) is 0 Å². The minimum Gasteiger partial charge on any atom is -0.481 e. The van der Waals surface area contributed by atoms with Crippen LogP contribution in [0.25, 0.3) is 0 Å². The maximum atomic E-state index is 13.1. The van der Waals surface area contributed by atoms with Crippen molar-refractivity contribution in [3.8, 4) is 5.75 Å². The number of halogens is 2. The molecule has 1 heterocycles. The Hall–Kier alpha value is -2.18. The summed E-state index contributed by atoms with van der Waals surface area (Å²) in [7, 11) is 0. The summed E-state index contributed by atoms with van der Waals surface area (Å²) in [6.45, 7) is 3.72. The van der Waals surface area contributed by atoms with Gasteiger partial charge in [-0.25, -0.2) is 8.78 Å². The first-order valence-electron chi connectivity index (χ1n) is 6.93. The van der Waals surface area contributed by atoms with Gasteiger partial charge >= 0.3 is 5.97 Å². The Labute approximate surface area is 126 Å². The van der Waals surface area contributed by atoms with Crippen LogP contribution in [0, 0.1) is 23.5 Å². The first-order valence-corrected chi connectivity index (χ1v) is 6.93. The van der Waals surface area contributed by atoms with Gasteiger partial charge in [0.1, 0.15) is 5.75 Å². The minimum absolute atomic E-state index is 0.0433. The van der Waals surface area contributed by atoms with Gasteiger partial charge in [-0.3, -0.25) is 9.59 Å². The van der Waals surface area contributed by atoms with E-state index in [1.54, 1.807) is 6.92 Å². The van der Waals surface area contributed by atoms with Crippen LogP contribution in [0.1, 0.15) is 13.8 Å². The van der Waals surface area contributed by atoms with E-state index >= 15 is 0 Å². The molecule has 1 aliphatic rings. The number of amides is 1. The van der Waals surface area contributed by atoms with Crippen LogP contribution in [0.3, 0.4) is 0 Å². The molecule has 1 unspecified atom stereocenters. The quantitative estimate of drug-likeness (QED) is 0.922. The highest BCUT2D eigenvalue weighted by atomic mass is 19.2. The maximum Gasteiger partial charge on any atom is 0.308 e. The Balaban J connectivity index is 2.00. The van der Waals surface area contributed by atoms with Gasteiger partial charge in [0.15, 0.2) is 17.7 Å². The predicted molar refractivity (Wildman–Crippen MR) is 73.3 cm³/mol. The molecule has 0 bridgehead atoms. The van der Waals surface area contributed by atoms with Gasteiger partial charge in [-0.2, -0.15) is 0 Å².